The molecular formula is C14H21ClN2O. The van der Waals surface area contributed by atoms with Crippen LogP contribution in [-0.2, 0) is 0 Å². The Morgan fingerprint density at radius 2 is 2.33 bits per heavy atom. The van der Waals surface area contributed by atoms with E-state index in [1.54, 1.807) is 7.11 Å². The number of hydrogen-bond donors (Lipinski definition) is 1. The van der Waals surface area contributed by atoms with Crippen LogP contribution in [0.15, 0.2) is 18.2 Å². The minimum atomic E-state index is 0.588. The fourth-order valence-electron chi connectivity index (χ4n) is 2.45. The quantitative estimate of drug-likeness (QED) is 0.909. The molecule has 1 N–H and O–H groups in total. The largest absolute Gasteiger partial charge is 0.495 e. The zero-order valence-corrected chi connectivity index (χ0v) is 11.8. The smallest absolute Gasteiger partial charge is 0.139 e. The second-order valence-corrected chi connectivity index (χ2v) is 5.11. The molecule has 1 saturated heterocycles. The molecule has 0 spiro atoms. The molecule has 100 valence electrons. The lowest BCUT2D eigenvalue weighted by atomic mass is 10.1. The average Bonchev–Trinajstić information content (AvgIpc) is 2.40. The maximum Gasteiger partial charge on any atom is 0.139 e. The fourth-order valence-corrected chi connectivity index (χ4v) is 2.64. The number of hydrogen-bond acceptors (Lipinski definition) is 3. The van der Waals surface area contributed by atoms with Gasteiger partial charge in [-0.1, -0.05) is 24.9 Å². The van der Waals surface area contributed by atoms with Crippen molar-refractivity contribution in [3.8, 4) is 5.75 Å². The molecule has 1 aromatic rings. The molecule has 1 heterocycles. The Balaban J connectivity index is 2.10. The number of benzene rings is 1. The molecule has 0 saturated carbocycles. The third-order valence-electron chi connectivity index (χ3n) is 3.39. The van der Waals surface area contributed by atoms with Crippen molar-refractivity contribution in [1.29, 1.82) is 0 Å². The van der Waals surface area contributed by atoms with Crippen molar-refractivity contribution in [1.82, 2.24) is 5.32 Å². The van der Waals surface area contributed by atoms with Crippen LogP contribution in [-0.4, -0.2) is 32.8 Å². The van der Waals surface area contributed by atoms with Crippen molar-refractivity contribution >= 4 is 17.3 Å². The van der Waals surface area contributed by atoms with Gasteiger partial charge in [0, 0.05) is 37.4 Å². The molecule has 1 aliphatic heterocycles. The highest BCUT2D eigenvalue weighted by Crippen LogP contribution is 2.29. The Morgan fingerprint density at radius 3 is 3.06 bits per heavy atom. The van der Waals surface area contributed by atoms with E-state index in [1.807, 2.05) is 12.1 Å². The first-order valence-electron chi connectivity index (χ1n) is 6.56. The molecule has 0 aromatic heterocycles. The molecule has 0 amide bonds. The van der Waals surface area contributed by atoms with Crippen molar-refractivity contribution < 1.29 is 4.74 Å². The van der Waals surface area contributed by atoms with Gasteiger partial charge >= 0.3 is 0 Å². The summed E-state index contributed by atoms with van der Waals surface area (Å²) in [4.78, 5) is 2.40. The van der Waals surface area contributed by atoms with E-state index in [-0.39, 0.29) is 0 Å². The van der Waals surface area contributed by atoms with Gasteiger partial charge in [-0.05, 0) is 18.6 Å². The highest BCUT2D eigenvalue weighted by molar-refractivity contribution is 6.32. The predicted octanol–water partition coefficient (Wildman–Crippen LogP) is 2.93. The third kappa shape index (κ3) is 3.09. The van der Waals surface area contributed by atoms with E-state index in [0.717, 1.165) is 25.4 Å². The lowest BCUT2D eigenvalue weighted by Crippen LogP contribution is -2.50. The van der Waals surface area contributed by atoms with Crippen LogP contribution in [0.3, 0.4) is 0 Å². The Kier molecular flexibility index (Phi) is 4.72. The van der Waals surface area contributed by atoms with Gasteiger partial charge in [-0.15, -0.1) is 0 Å². The van der Waals surface area contributed by atoms with Crippen LogP contribution >= 0.6 is 11.6 Å². The minimum absolute atomic E-state index is 0.588. The van der Waals surface area contributed by atoms with Gasteiger partial charge in [-0.25, -0.2) is 0 Å². The van der Waals surface area contributed by atoms with Gasteiger partial charge < -0.3 is 15.0 Å². The number of nitrogens with zero attached hydrogens (tertiary/aromatic N) is 1. The normalized spacial score (nSPS) is 19.9. The molecule has 1 fully saturated rings. The van der Waals surface area contributed by atoms with E-state index in [2.05, 4.69) is 23.2 Å². The first kappa shape index (κ1) is 13.5. The lowest BCUT2D eigenvalue weighted by Gasteiger charge is -2.35. The first-order valence-corrected chi connectivity index (χ1v) is 6.94. The van der Waals surface area contributed by atoms with Gasteiger partial charge in [0.25, 0.3) is 0 Å². The molecule has 4 heteroatoms. The van der Waals surface area contributed by atoms with E-state index in [0.29, 0.717) is 11.1 Å². The topological polar surface area (TPSA) is 24.5 Å². The summed E-state index contributed by atoms with van der Waals surface area (Å²) in [6, 6.07) is 6.59. The van der Waals surface area contributed by atoms with Gasteiger partial charge in [0.2, 0.25) is 0 Å². The van der Waals surface area contributed by atoms with Gasteiger partial charge in [-0.2, -0.15) is 0 Å². The summed E-state index contributed by atoms with van der Waals surface area (Å²) in [5, 5.41) is 4.23. The molecule has 1 aliphatic rings. The Hall–Kier alpha value is -0.930. The van der Waals surface area contributed by atoms with Crippen molar-refractivity contribution in [2.75, 3.05) is 31.6 Å². The molecule has 1 unspecified atom stereocenters. The van der Waals surface area contributed by atoms with Crippen LogP contribution in [0.4, 0.5) is 5.69 Å². The summed E-state index contributed by atoms with van der Waals surface area (Å²) in [7, 11) is 1.66. The number of ether oxygens (including phenoxy) is 1. The van der Waals surface area contributed by atoms with Crippen molar-refractivity contribution in [3.05, 3.63) is 23.2 Å². The van der Waals surface area contributed by atoms with E-state index in [9.17, 15) is 0 Å². The van der Waals surface area contributed by atoms with Crippen molar-refractivity contribution in [3.63, 3.8) is 0 Å². The van der Waals surface area contributed by atoms with Gasteiger partial charge in [0.05, 0.1) is 12.1 Å². The van der Waals surface area contributed by atoms with Crippen LogP contribution in [0, 0.1) is 0 Å². The van der Waals surface area contributed by atoms with Crippen molar-refractivity contribution in [2.24, 2.45) is 0 Å². The Labute approximate surface area is 114 Å². The maximum atomic E-state index is 6.06. The molecule has 1 atom stereocenters. The van der Waals surface area contributed by atoms with Crippen LogP contribution in [0.5, 0.6) is 5.75 Å². The van der Waals surface area contributed by atoms with Crippen LogP contribution in [0.2, 0.25) is 5.02 Å². The monoisotopic (exact) mass is 268 g/mol. The number of piperazine rings is 1. The summed E-state index contributed by atoms with van der Waals surface area (Å²) < 4.78 is 5.28. The third-order valence-corrected chi connectivity index (χ3v) is 3.70. The summed E-state index contributed by atoms with van der Waals surface area (Å²) in [6.45, 7) is 5.35. The Morgan fingerprint density at radius 1 is 1.50 bits per heavy atom. The van der Waals surface area contributed by atoms with E-state index in [1.165, 1.54) is 18.5 Å². The molecule has 3 nitrogen and oxygen atoms in total. The van der Waals surface area contributed by atoms with E-state index >= 15 is 0 Å². The highest BCUT2D eigenvalue weighted by Gasteiger charge is 2.19. The summed E-state index contributed by atoms with van der Waals surface area (Å²) in [5.74, 6) is 0.750. The molecule has 0 aliphatic carbocycles. The van der Waals surface area contributed by atoms with E-state index < -0.39 is 0 Å². The van der Waals surface area contributed by atoms with Gasteiger partial charge in [0.1, 0.15) is 5.75 Å². The molecule has 1 aromatic carbocycles. The second-order valence-electron chi connectivity index (χ2n) is 4.70. The SMILES string of the molecule is CCCC1CN(c2ccc(Cl)c(OC)c2)CCN1. The summed E-state index contributed by atoms with van der Waals surface area (Å²) >= 11 is 6.06. The first-order chi connectivity index (χ1) is 8.74. The summed E-state index contributed by atoms with van der Waals surface area (Å²) in [5.41, 5.74) is 1.19. The number of halogens is 1. The number of anilines is 1. The van der Waals surface area contributed by atoms with E-state index in [4.69, 9.17) is 16.3 Å². The zero-order chi connectivity index (χ0) is 13.0. The number of rotatable bonds is 4. The highest BCUT2D eigenvalue weighted by atomic mass is 35.5. The van der Waals surface area contributed by atoms with Gasteiger partial charge in [0.15, 0.2) is 0 Å². The minimum Gasteiger partial charge on any atom is -0.495 e. The molecule has 0 bridgehead atoms. The standard InChI is InChI=1S/C14H21ClN2O/c1-3-4-11-10-17(8-7-16-11)12-5-6-13(15)14(9-12)18-2/h5-6,9,11,16H,3-4,7-8,10H2,1-2H3. The average molecular weight is 269 g/mol. The fraction of sp³-hybridized carbons (Fsp3) is 0.571. The lowest BCUT2D eigenvalue weighted by molar-refractivity contribution is 0.413. The second kappa shape index (κ2) is 6.30. The van der Waals surface area contributed by atoms with Gasteiger partial charge in [-0.3, -0.25) is 0 Å². The molecule has 0 radical (unpaired) electrons. The number of methoxy groups -OCH3 is 1. The molecule has 18 heavy (non-hydrogen) atoms. The molecular weight excluding hydrogens is 248 g/mol. The number of nitrogens with one attached hydrogen (secondary N) is 1. The van der Waals surface area contributed by atoms with Crippen LogP contribution < -0.4 is 15.0 Å². The summed E-state index contributed by atoms with van der Waals surface area (Å²) in [6.07, 6.45) is 2.44. The van der Waals surface area contributed by atoms with Crippen LogP contribution in [0.1, 0.15) is 19.8 Å². The van der Waals surface area contributed by atoms with Crippen molar-refractivity contribution in [2.45, 2.75) is 25.8 Å². The predicted molar refractivity (Wildman–Crippen MR) is 76.9 cm³/mol. The Bertz CT molecular complexity index is 395. The van der Waals surface area contributed by atoms with Crippen LogP contribution in [0.25, 0.3) is 0 Å². The zero-order valence-electron chi connectivity index (χ0n) is 11.1. The maximum absolute atomic E-state index is 6.06. The molecule has 2 rings (SSSR count).